The molecule has 6 heteroatoms. The molecule has 0 aliphatic rings. The molecular formula is C44H76O6. The van der Waals surface area contributed by atoms with Crippen molar-refractivity contribution in [3.63, 3.8) is 0 Å². The molecule has 6 nitrogen and oxygen atoms in total. The van der Waals surface area contributed by atoms with Gasteiger partial charge in [0.25, 0.3) is 0 Å². The van der Waals surface area contributed by atoms with E-state index in [4.69, 9.17) is 9.47 Å². The van der Waals surface area contributed by atoms with Crippen LogP contribution in [0.5, 0.6) is 0 Å². The highest BCUT2D eigenvalue weighted by Crippen LogP contribution is 2.16. The molecule has 1 N–H and O–H groups in total. The molecule has 0 spiro atoms. The summed E-state index contributed by atoms with van der Waals surface area (Å²) in [5.74, 6) is -0.00915. The lowest BCUT2D eigenvalue weighted by atomic mass is 9.99. The maximum atomic E-state index is 12.2. The molecule has 0 saturated carbocycles. The SMILES string of the molecule is CCCCC/C=C\C/C=C\C/C=C\C=C\C(=O)CCCC(=O)O[C@@H](CO)COC(=O)CCCCCCCCCCCCCCCCC(C)CC. The van der Waals surface area contributed by atoms with Crippen LogP contribution in [0.2, 0.25) is 0 Å². The van der Waals surface area contributed by atoms with E-state index < -0.39 is 18.7 Å². The Hall–Kier alpha value is -2.47. The van der Waals surface area contributed by atoms with Crippen LogP contribution in [0.1, 0.15) is 188 Å². The fraction of sp³-hybridized carbons (Fsp3) is 0.750. The van der Waals surface area contributed by atoms with Gasteiger partial charge >= 0.3 is 11.9 Å². The smallest absolute Gasteiger partial charge is 0.306 e. The predicted octanol–water partition coefficient (Wildman–Crippen LogP) is 12.0. The van der Waals surface area contributed by atoms with Crippen LogP contribution in [-0.4, -0.2) is 42.1 Å². The summed E-state index contributed by atoms with van der Waals surface area (Å²) >= 11 is 0. The van der Waals surface area contributed by atoms with Crippen molar-refractivity contribution < 1.29 is 29.0 Å². The first-order valence-corrected chi connectivity index (χ1v) is 20.5. The van der Waals surface area contributed by atoms with Gasteiger partial charge in [-0.25, -0.2) is 0 Å². The minimum atomic E-state index is -0.887. The van der Waals surface area contributed by atoms with Gasteiger partial charge < -0.3 is 14.6 Å². The highest BCUT2D eigenvalue weighted by atomic mass is 16.6. The summed E-state index contributed by atoms with van der Waals surface area (Å²) in [4.78, 5) is 36.3. The van der Waals surface area contributed by atoms with E-state index in [1.165, 1.54) is 109 Å². The maximum absolute atomic E-state index is 12.2. The number of esters is 2. The van der Waals surface area contributed by atoms with Crippen molar-refractivity contribution in [3.05, 3.63) is 48.6 Å². The molecule has 0 aromatic carbocycles. The summed E-state index contributed by atoms with van der Waals surface area (Å²) in [7, 11) is 0. The average molecular weight is 701 g/mol. The fourth-order valence-electron chi connectivity index (χ4n) is 5.60. The third kappa shape index (κ3) is 35.4. The van der Waals surface area contributed by atoms with Crippen molar-refractivity contribution in [1.29, 1.82) is 0 Å². The second-order valence-electron chi connectivity index (χ2n) is 14.0. The van der Waals surface area contributed by atoms with E-state index in [0.717, 1.165) is 44.4 Å². The molecule has 1 unspecified atom stereocenters. The van der Waals surface area contributed by atoms with Crippen molar-refractivity contribution in [2.45, 2.75) is 194 Å². The minimum Gasteiger partial charge on any atom is -0.462 e. The van der Waals surface area contributed by atoms with E-state index in [9.17, 15) is 19.5 Å². The Labute approximate surface area is 307 Å². The van der Waals surface area contributed by atoms with Crippen molar-refractivity contribution in [2.24, 2.45) is 5.92 Å². The zero-order valence-electron chi connectivity index (χ0n) is 32.6. The third-order valence-corrected chi connectivity index (χ3v) is 9.14. The van der Waals surface area contributed by atoms with Crippen molar-refractivity contribution in [3.8, 4) is 0 Å². The van der Waals surface area contributed by atoms with E-state index in [-0.39, 0.29) is 31.2 Å². The van der Waals surface area contributed by atoms with Gasteiger partial charge in [0, 0.05) is 19.3 Å². The number of carbonyl (C=O) groups is 3. The molecule has 0 fully saturated rings. The summed E-state index contributed by atoms with van der Waals surface area (Å²) in [6, 6.07) is 0. The van der Waals surface area contributed by atoms with E-state index in [2.05, 4.69) is 45.1 Å². The lowest BCUT2D eigenvalue weighted by Crippen LogP contribution is -2.28. The monoisotopic (exact) mass is 701 g/mol. The molecule has 2 atom stereocenters. The number of rotatable bonds is 36. The quantitative estimate of drug-likeness (QED) is 0.0230. The zero-order valence-corrected chi connectivity index (χ0v) is 32.6. The first-order valence-electron chi connectivity index (χ1n) is 20.5. The Bertz CT molecular complexity index is 917. The van der Waals surface area contributed by atoms with Gasteiger partial charge in [0.2, 0.25) is 0 Å². The zero-order chi connectivity index (χ0) is 36.8. The van der Waals surface area contributed by atoms with Gasteiger partial charge in [-0.15, -0.1) is 0 Å². The molecule has 50 heavy (non-hydrogen) atoms. The van der Waals surface area contributed by atoms with Crippen LogP contribution in [0.4, 0.5) is 0 Å². The second-order valence-corrected chi connectivity index (χ2v) is 14.0. The Morgan fingerprint density at radius 2 is 1.16 bits per heavy atom. The molecular weight excluding hydrogens is 624 g/mol. The lowest BCUT2D eigenvalue weighted by Gasteiger charge is -2.15. The molecule has 0 amide bonds. The second kappa shape index (κ2) is 37.8. The number of carbonyl (C=O) groups excluding carboxylic acids is 3. The number of ketones is 1. The highest BCUT2D eigenvalue weighted by Gasteiger charge is 2.16. The summed E-state index contributed by atoms with van der Waals surface area (Å²) in [5.41, 5.74) is 0. The standard InChI is InChI=1S/C44H76O6/c1-4-6-7-8-9-10-11-14-18-21-24-27-30-34-41(46)35-32-37-44(48)50-42(38-45)39-49-43(47)36-31-28-25-22-19-16-13-12-15-17-20-23-26-29-33-40(3)5-2/h9-10,14,18,24,27,30,34,40,42,45H,4-8,11-13,15-17,19-23,25-26,28-29,31-33,35-39H2,1-3H3/b10-9-,18-14-,27-24-,34-30+/t40?,42-/m0/s1. The van der Waals surface area contributed by atoms with Crippen molar-refractivity contribution in [1.82, 2.24) is 0 Å². The van der Waals surface area contributed by atoms with Gasteiger partial charge in [-0.1, -0.05) is 172 Å². The fourth-order valence-corrected chi connectivity index (χ4v) is 5.60. The minimum absolute atomic E-state index is 0.0574. The average Bonchev–Trinajstić information content (AvgIpc) is 3.11. The van der Waals surface area contributed by atoms with Gasteiger partial charge in [0.05, 0.1) is 6.61 Å². The number of hydrogen-bond acceptors (Lipinski definition) is 6. The van der Waals surface area contributed by atoms with Crippen molar-refractivity contribution in [2.75, 3.05) is 13.2 Å². The molecule has 0 aliphatic heterocycles. The van der Waals surface area contributed by atoms with Gasteiger partial charge in [-0.05, 0) is 50.5 Å². The third-order valence-electron chi connectivity index (χ3n) is 9.14. The molecule has 0 radical (unpaired) electrons. The topological polar surface area (TPSA) is 89.9 Å². The van der Waals surface area contributed by atoms with E-state index in [1.807, 2.05) is 12.2 Å². The first kappa shape index (κ1) is 47.5. The molecule has 0 saturated heterocycles. The lowest BCUT2D eigenvalue weighted by molar-refractivity contribution is -0.161. The summed E-state index contributed by atoms with van der Waals surface area (Å²) in [6.07, 6.45) is 43.1. The summed E-state index contributed by atoms with van der Waals surface area (Å²) in [6.45, 7) is 6.29. The number of allylic oxidation sites excluding steroid dienone is 8. The first-order chi connectivity index (χ1) is 24.4. The van der Waals surface area contributed by atoms with Crippen LogP contribution >= 0.6 is 0 Å². The van der Waals surface area contributed by atoms with Crippen LogP contribution in [0.25, 0.3) is 0 Å². The normalized spacial score (nSPS) is 13.2. The molecule has 0 heterocycles. The largest absolute Gasteiger partial charge is 0.462 e. The van der Waals surface area contributed by atoms with Gasteiger partial charge in [0.15, 0.2) is 11.9 Å². The summed E-state index contributed by atoms with van der Waals surface area (Å²) in [5, 5.41) is 9.54. The van der Waals surface area contributed by atoms with Gasteiger partial charge in [-0.2, -0.15) is 0 Å². The molecule has 0 rings (SSSR count). The van der Waals surface area contributed by atoms with Crippen LogP contribution in [0, 0.1) is 5.92 Å². The highest BCUT2D eigenvalue weighted by molar-refractivity contribution is 5.90. The molecule has 0 aliphatic carbocycles. The Morgan fingerprint density at radius 1 is 0.600 bits per heavy atom. The predicted molar refractivity (Wildman–Crippen MR) is 210 cm³/mol. The van der Waals surface area contributed by atoms with Crippen LogP contribution < -0.4 is 0 Å². The number of aliphatic hydroxyl groups is 1. The van der Waals surface area contributed by atoms with E-state index >= 15 is 0 Å². The van der Waals surface area contributed by atoms with E-state index in [0.29, 0.717) is 12.8 Å². The van der Waals surface area contributed by atoms with E-state index in [1.54, 1.807) is 6.08 Å². The Kier molecular flexibility index (Phi) is 35.9. The number of hydrogen-bond donors (Lipinski definition) is 1. The van der Waals surface area contributed by atoms with Crippen LogP contribution in [-0.2, 0) is 23.9 Å². The molecule has 0 bridgehead atoms. The summed E-state index contributed by atoms with van der Waals surface area (Å²) < 4.78 is 10.5. The van der Waals surface area contributed by atoms with Gasteiger partial charge in [-0.3, -0.25) is 14.4 Å². The van der Waals surface area contributed by atoms with Gasteiger partial charge in [0.1, 0.15) is 6.61 Å². The number of unbranched alkanes of at least 4 members (excludes halogenated alkanes) is 16. The maximum Gasteiger partial charge on any atom is 0.306 e. The number of aliphatic hydroxyl groups excluding tert-OH is 1. The number of ether oxygens (including phenoxy) is 2. The Balaban J connectivity index is 3.73. The van der Waals surface area contributed by atoms with Crippen LogP contribution in [0.3, 0.4) is 0 Å². The Morgan fingerprint density at radius 3 is 1.76 bits per heavy atom. The molecule has 0 aromatic heterocycles. The molecule has 288 valence electrons. The molecule has 0 aromatic rings. The van der Waals surface area contributed by atoms with Crippen molar-refractivity contribution >= 4 is 17.7 Å². The van der Waals surface area contributed by atoms with Crippen LogP contribution in [0.15, 0.2) is 48.6 Å².